The molecule has 1 N–H and O–H groups in total. The molecular weight excluding hydrogens is 421 g/mol. The minimum absolute atomic E-state index is 0.0222. The Morgan fingerprint density at radius 3 is 2.47 bits per heavy atom. The fourth-order valence-electron chi connectivity index (χ4n) is 5.11. The molecule has 0 spiro atoms. The molecule has 0 aromatic heterocycles. The van der Waals surface area contributed by atoms with Gasteiger partial charge in [0.2, 0.25) is 11.8 Å². The minimum Gasteiger partial charge on any atom is -0.323 e. The maximum atomic E-state index is 13.3. The van der Waals surface area contributed by atoms with Crippen molar-refractivity contribution in [3.63, 3.8) is 0 Å². The quantitative estimate of drug-likeness (QED) is 0.759. The Bertz CT molecular complexity index is 846. The Kier molecular flexibility index (Phi) is 6.76. The van der Waals surface area contributed by atoms with E-state index >= 15 is 0 Å². The third kappa shape index (κ3) is 5.09. The molecule has 2 heterocycles. The summed E-state index contributed by atoms with van der Waals surface area (Å²) in [6.45, 7) is 6.08. The lowest BCUT2D eigenvalue weighted by atomic mass is 9.89. The molecule has 3 aliphatic rings. The number of hydrogen-bond donors (Lipinski definition) is 1. The Hall–Kier alpha value is -2.13. The van der Waals surface area contributed by atoms with Crippen LogP contribution in [0.15, 0.2) is 18.2 Å². The van der Waals surface area contributed by atoms with Crippen molar-refractivity contribution in [1.29, 1.82) is 0 Å². The zero-order chi connectivity index (χ0) is 22.9. The van der Waals surface area contributed by atoms with Crippen molar-refractivity contribution in [1.82, 2.24) is 9.80 Å². The van der Waals surface area contributed by atoms with Crippen molar-refractivity contribution in [2.45, 2.75) is 51.2 Å². The number of anilines is 2. The lowest BCUT2D eigenvalue weighted by Gasteiger charge is -2.41. The number of carbonyl (C=O) groups excluding carboxylic acids is 2. The Morgan fingerprint density at radius 1 is 1.12 bits per heavy atom. The van der Waals surface area contributed by atoms with Crippen LogP contribution in [-0.4, -0.2) is 66.9 Å². The number of hydrogen-bond acceptors (Lipinski definition) is 4. The van der Waals surface area contributed by atoms with Gasteiger partial charge >= 0.3 is 6.18 Å². The molecule has 1 saturated heterocycles. The topological polar surface area (TPSA) is 55.9 Å². The first-order valence-corrected chi connectivity index (χ1v) is 11.5. The molecule has 1 aliphatic carbocycles. The van der Waals surface area contributed by atoms with Gasteiger partial charge in [-0.25, -0.2) is 0 Å². The van der Waals surface area contributed by atoms with E-state index < -0.39 is 23.7 Å². The van der Waals surface area contributed by atoms with Crippen molar-refractivity contribution in [3.05, 3.63) is 23.8 Å². The van der Waals surface area contributed by atoms with E-state index in [0.29, 0.717) is 5.69 Å². The van der Waals surface area contributed by atoms with E-state index in [9.17, 15) is 22.8 Å². The van der Waals surface area contributed by atoms with Gasteiger partial charge in [0.25, 0.3) is 0 Å². The van der Waals surface area contributed by atoms with Crippen LogP contribution in [0, 0.1) is 5.92 Å². The largest absolute Gasteiger partial charge is 0.416 e. The summed E-state index contributed by atoms with van der Waals surface area (Å²) in [5, 5.41) is 2.47. The number of carbonyl (C=O) groups is 2. The molecular formula is C23H31F3N4O2. The molecule has 2 fully saturated rings. The van der Waals surface area contributed by atoms with Gasteiger partial charge in [-0.15, -0.1) is 0 Å². The molecule has 2 aliphatic heterocycles. The number of rotatable bonds is 4. The number of amides is 2. The number of nitrogens with one attached hydrogen (secondary N) is 1. The van der Waals surface area contributed by atoms with Gasteiger partial charge in [-0.05, 0) is 43.9 Å². The predicted molar refractivity (Wildman–Crippen MR) is 116 cm³/mol. The normalized spacial score (nSPS) is 22.4. The molecule has 32 heavy (non-hydrogen) atoms. The van der Waals surface area contributed by atoms with Gasteiger partial charge in [0.1, 0.15) is 6.54 Å². The first kappa shape index (κ1) is 23.0. The predicted octanol–water partition coefficient (Wildman–Crippen LogP) is 3.58. The zero-order valence-corrected chi connectivity index (χ0v) is 18.5. The summed E-state index contributed by atoms with van der Waals surface area (Å²) in [6.07, 6.45) is 2.09. The van der Waals surface area contributed by atoms with E-state index in [0.717, 1.165) is 50.8 Å². The average Bonchev–Trinajstić information content (AvgIpc) is 2.77. The van der Waals surface area contributed by atoms with Crippen LogP contribution in [0.25, 0.3) is 0 Å². The fourth-order valence-corrected chi connectivity index (χ4v) is 5.11. The van der Waals surface area contributed by atoms with Crippen LogP contribution in [0.1, 0.15) is 44.6 Å². The number of piperazine rings is 1. The molecule has 0 bridgehead atoms. The van der Waals surface area contributed by atoms with Gasteiger partial charge in [0.05, 0.1) is 23.0 Å². The maximum Gasteiger partial charge on any atom is 0.416 e. The van der Waals surface area contributed by atoms with Crippen molar-refractivity contribution in [2.75, 3.05) is 49.5 Å². The first-order chi connectivity index (χ1) is 15.2. The summed E-state index contributed by atoms with van der Waals surface area (Å²) in [6, 6.07) is 2.66. The second-order valence-corrected chi connectivity index (χ2v) is 9.22. The van der Waals surface area contributed by atoms with E-state index in [1.54, 1.807) is 0 Å². The highest BCUT2D eigenvalue weighted by atomic mass is 19.4. The van der Waals surface area contributed by atoms with Crippen LogP contribution in [0.5, 0.6) is 0 Å². The Balaban J connectivity index is 1.39. The SMILES string of the molecule is CC(C(=O)N1CC(=O)Nc2cc(C(F)(F)F)ccc21)N1CCN(CC2CCCCC2)CC1. The van der Waals surface area contributed by atoms with Crippen LogP contribution in [0.4, 0.5) is 24.5 Å². The third-order valence-electron chi connectivity index (χ3n) is 7.01. The molecule has 1 atom stereocenters. The van der Waals surface area contributed by atoms with Crippen LogP contribution < -0.4 is 10.2 Å². The van der Waals surface area contributed by atoms with Crippen LogP contribution in [0.2, 0.25) is 0 Å². The van der Waals surface area contributed by atoms with Crippen LogP contribution in [-0.2, 0) is 15.8 Å². The number of halogens is 3. The summed E-state index contributed by atoms with van der Waals surface area (Å²) in [5.41, 5.74) is -0.521. The van der Waals surface area contributed by atoms with Crippen molar-refractivity contribution < 1.29 is 22.8 Å². The van der Waals surface area contributed by atoms with Gasteiger partial charge in [0, 0.05) is 32.7 Å². The standard InChI is InChI=1S/C23H31F3N4O2/c1-16(29-11-9-28(10-12-29)14-17-5-3-2-4-6-17)22(32)30-15-21(31)27-19-13-18(23(24,25)26)7-8-20(19)30/h7-8,13,16-17H,2-6,9-12,14-15H2,1H3,(H,27,31). The van der Waals surface area contributed by atoms with E-state index in [2.05, 4.69) is 15.1 Å². The molecule has 1 unspecified atom stereocenters. The number of benzene rings is 1. The molecule has 6 nitrogen and oxygen atoms in total. The van der Waals surface area contributed by atoms with Crippen molar-refractivity contribution in [3.8, 4) is 0 Å². The highest BCUT2D eigenvalue weighted by Crippen LogP contribution is 2.37. The summed E-state index contributed by atoms with van der Waals surface area (Å²) in [5.74, 6) is 0.0237. The second-order valence-electron chi connectivity index (χ2n) is 9.22. The zero-order valence-electron chi connectivity index (χ0n) is 18.5. The molecule has 176 valence electrons. The van der Waals surface area contributed by atoms with Gasteiger partial charge in [0.15, 0.2) is 0 Å². The lowest BCUT2D eigenvalue weighted by molar-refractivity contribution is -0.137. The summed E-state index contributed by atoms with van der Waals surface area (Å²) < 4.78 is 39.2. The second kappa shape index (κ2) is 9.39. The summed E-state index contributed by atoms with van der Waals surface area (Å²) in [4.78, 5) is 31.3. The molecule has 9 heteroatoms. The average molecular weight is 453 g/mol. The highest BCUT2D eigenvalue weighted by Gasteiger charge is 2.36. The van der Waals surface area contributed by atoms with Crippen LogP contribution in [0.3, 0.4) is 0 Å². The molecule has 1 aromatic carbocycles. The summed E-state index contributed by atoms with van der Waals surface area (Å²) >= 11 is 0. The summed E-state index contributed by atoms with van der Waals surface area (Å²) in [7, 11) is 0. The molecule has 4 rings (SSSR count). The number of nitrogens with zero attached hydrogens (tertiary/aromatic N) is 3. The van der Waals surface area contributed by atoms with E-state index in [4.69, 9.17) is 0 Å². The minimum atomic E-state index is -4.52. The van der Waals surface area contributed by atoms with E-state index in [1.807, 2.05) is 6.92 Å². The molecule has 0 radical (unpaired) electrons. The lowest BCUT2D eigenvalue weighted by Crippen LogP contribution is -2.56. The van der Waals surface area contributed by atoms with Crippen molar-refractivity contribution in [2.24, 2.45) is 5.92 Å². The molecule has 1 aromatic rings. The van der Waals surface area contributed by atoms with Crippen LogP contribution >= 0.6 is 0 Å². The Labute approximate surface area is 186 Å². The van der Waals surface area contributed by atoms with Gasteiger partial charge < -0.3 is 10.2 Å². The van der Waals surface area contributed by atoms with Crippen molar-refractivity contribution >= 4 is 23.2 Å². The Morgan fingerprint density at radius 2 is 1.81 bits per heavy atom. The molecule has 1 saturated carbocycles. The molecule has 2 amide bonds. The van der Waals surface area contributed by atoms with E-state index in [1.165, 1.54) is 43.1 Å². The maximum absolute atomic E-state index is 13.3. The monoisotopic (exact) mass is 452 g/mol. The highest BCUT2D eigenvalue weighted by molar-refractivity contribution is 6.11. The number of alkyl halides is 3. The van der Waals surface area contributed by atoms with Gasteiger partial charge in [-0.3, -0.25) is 19.4 Å². The first-order valence-electron chi connectivity index (χ1n) is 11.5. The van der Waals surface area contributed by atoms with Gasteiger partial charge in [-0.1, -0.05) is 19.3 Å². The smallest absolute Gasteiger partial charge is 0.323 e. The van der Waals surface area contributed by atoms with E-state index in [-0.39, 0.29) is 18.1 Å². The fraction of sp³-hybridized carbons (Fsp3) is 0.652. The number of fused-ring (bicyclic) bond motifs is 1. The van der Waals surface area contributed by atoms with Gasteiger partial charge in [-0.2, -0.15) is 13.2 Å². The third-order valence-corrected chi connectivity index (χ3v) is 7.01.